The van der Waals surface area contributed by atoms with Gasteiger partial charge in [-0.15, -0.1) is 0 Å². The maximum atomic E-state index is 11.4. The number of hydrogen-bond acceptors (Lipinski definition) is 5. The lowest BCUT2D eigenvalue weighted by molar-refractivity contribution is -0.0222. The van der Waals surface area contributed by atoms with Crippen molar-refractivity contribution in [3.8, 4) is 11.5 Å². The molecule has 80 valence electrons. The van der Waals surface area contributed by atoms with E-state index >= 15 is 0 Å². The second-order valence-corrected chi connectivity index (χ2v) is 3.48. The summed E-state index contributed by atoms with van der Waals surface area (Å²) < 4.78 is 4.82. The highest BCUT2D eigenvalue weighted by Crippen LogP contribution is 2.37. The summed E-state index contributed by atoms with van der Waals surface area (Å²) in [5, 5.41) is 28.4. The van der Waals surface area contributed by atoms with Gasteiger partial charge in [0.1, 0.15) is 23.7 Å². The van der Waals surface area contributed by atoms with Gasteiger partial charge in [0, 0.05) is 11.6 Å². The molecule has 0 aromatic heterocycles. The van der Waals surface area contributed by atoms with Gasteiger partial charge in [-0.05, 0) is 13.0 Å². The largest absolute Gasteiger partial charge is 0.508 e. The fraction of sp³-hybridized carbons (Fsp3) is 0.300. The number of aromatic hydroxyl groups is 2. The molecule has 0 aliphatic carbocycles. The second kappa shape index (κ2) is 3.13. The zero-order chi connectivity index (χ0) is 11.2. The molecule has 0 bridgehead atoms. The number of cyclic esters (lactones) is 1. The lowest BCUT2D eigenvalue weighted by atomic mass is 9.95. The third-order valence-corrected chi connectivity index (χ3v) is 2.40. The smallest absolute Gasteiger partial charge is 0.339 e. The van der Waals surface area contributed by atoms with E-state index in [1.807, 2.05) is 0 Å². The van der Waals surface area contributed by atoms with E-state index < -0.39 is 18.2 Å². The van der Waals surface area contributed by atoms with Gasteiger partial charge in [0.2, 0.25) is 0 Å². The molecule has 2 rings (SSSR count). The fourth-order valence-electron chi connectivity index (χ4n) is 1.63. The summed E-state index contributed by atoms with van der Waals surface area (Å²) >= 11 is 0. The molecule has 3 N–H and O–H groups in total. The molecule has 0 amide bonds. The van der Waals surface area contributed by atoms with E-state index in [0.29, 0.717) is 0 Å². The number of rotatable bonds is 0. The Morgan fingerprint density at radius 1 is 1.33 bits per heavy atom. The number of phenolic OH excluding ortho intramolecular Hbond substituents is 2. The number of phenols is 2. The number of aliphatic hydroxyl groups excluding tert-OH is 1. The Balaban J connectivity index is 2.65. The first-order valence-corrected chi connectivity index (χ1v) is 4.45. The van der Waals surface area contributed by atoms with Crippen molar-refractivity contribution in [2.45, 2.75) is 19.1 Å². The fourth-order valence-corrected chi connectivity index (χ4v) is 1.63. The molecule has 1 aliphatic rings. The predicted octanol–water partition coefficient (Wildman–Crippen LogP) is 0.690. The summed E-state index contributed by atoms with van der Waals surface area (Å²) in [5.74, 6) is -1.21. The summed E-state index contributed by atoms with van der Waals surface area (Å²) in [6.07, 6.45) is -1.78. The van der Waals surface area contributed by atoms with Crippen LogP contribution in [0.15, 0.2) is 12.1 Å². The molecule has 1 aliphatic heterocycles. The topological polar surface area (TPSA) is 87.0 Å². The van der Waals surface area contributed by atoms with E-state index in [4.69, 9.17) is 4.74 Å². The Morgan fingerprint density at radius 3 is 2.67 bits per heavy atom. The Hall–Kier alpha value is -1.75. The monoisotopic (exact) mass is 210 g/mol. The highest BCUT2D eigenvalue weighted by molar-refractivity contribution is 5.93. The molecule has 2 unspecified atom stereocenters. The van der Waals surface area contributed by atoms with Gasteiger partial charge < -0.3 is 20.1 Å². The number of esters is 1. The SMILES string of the molecule is CC1OC(=O)c2cc(O)cc(O)c2C1O. The Kier molecular flexibility index (Phi) is 2.04. The van der Waals surface area contributed by atoms with Crippen LogP contribution in [0, 0.1) is 0 Å². The summed E-state index contributed by atoms with van der Waals surface area (Å²) in [5.41, 5.74) is 0.106. The highest BCUT2D eigenvalue weighted by atomic mass is 16.6. The second-order valence-electron chi connectivity index (χ2n) is 3.48. The normalized spacial score (nSPS) is 24.5. The summed E-state index contributed by atoms with van der Waals surface area (Å²) in [4.78, 5) is 11.4. The van der Waals surface area contributed by atoms with Crippen LogP contribution in [0.1, 0.15) is 28.9 Å². The van der Waals surface area contributed by atoms with E-state index in [1.165, 1.54) is 6.92 Å². The minimum absolute atomic E-state index is 0.00176. The standard InChI is InChI=1S/C10H10O5/c1-4-9(13)8-6(10(14)15-4)2-5(11)3-7(8)12/h2-4,9,11-13H,1H3. The van der Waals surface area contributed by atoms with Gasteiger partial charge in [-0.1, -0.05) is 0 Å². The molecule has 1 heterocycles. The van der Waals surface area contributed by atoms with Crippen molar-refractivity contribution in [2.75, 3.05) is 0 Å². The van der Waals surface area contributed by atoms with Crippen molar-refractivity contribution in [1.82, 2.24) is 0 Å². The quantitative estimate of drug-likeness (QED) is 0.548. The van der Waals surface area contributed by atoms with Crippen LogP contribution in [-0.2, 0) is 4.74 Å². The minimum atomic E-state index is -1.07. The lowest BCUT2D eigenvalue weighted by Crippen LogP contribution is -2.29. The lowest BCUT2D eigenvalue weighted by Gasteiger charge is -2.27. The molecule has 0 spiro atoms. The van der Waals surface area contributed by atoms with Crippen LogP contribution < -0.4 is 0 Å². The van der Waals surface area contributed by atoms with E-state index in [0.717, 1.165) is 12.1 Å². The maximum absolute atomic E-state index is 11.4. The Labute approximate surface area is 85.5 Å². The summed E-state index contributed by atoms with van der Waals surface area (Å²) in [6, 6.07) is 2.24. The van der Waals surface area contributed by atoms with Gasteiger partial charge in [-0.25, -0.2) is 4.79 Å². The van der Waals surface area contributed by atoms with Crippen LogP contribution in [0.5, 0.6) is 11.5 Å². The van der Waals surface area contributed by atoms with Crippen molar-refractivity contribution in [1.29, 1.82) is 0 Å². The maximum Gasteiger partial charge on any atom is 0.339 e. The molecule has 0 fully saturated rings. The van der Waals surface area contributed by atoms with Gasteiger partial charge in [0.15, 0.2) is 0 Å². The Bertz CT molecular complexity index is 426. The molecule has 1 aromatic rings. The first-order valence-electron chi connectivity index (χ1n) is 4.45. The number of ether oxygens (including phenoxy) is 1. The van der Waals surface area contributed by atoms with Crippen molar-refractivity contribution in [3.63, 3.8) is 0 Å². The molecule has 1 aromatic carbocycles. The van der Waals surface area contributed by atoms with Crippen LogP contribution in [-0.4, -0.2) is 27.4 Å². The molecular formula is C10H10O5. The number of hydrogen-bond donors (Lipinski definition) is 3. The van der Waals surface area contributed by atoms with Crippen LogP contribution in [0.2, 0.25) is 0 Å². The van der Waals surface area contributed by atoms with Gasteiger partial charge in [0.05, 0.1) is 5.56 Å². The number of carbonyl (C=O) groups is 1. The number of benzene rings is 1. The zero-order valence-corrected chi connectivity index (χ0v) is 7.97. The van der Waals surface area contributed by atoms with Crippen LogP contribution in [0.25, 0.3) is 0 Å². The third kappa shape index (κ3) is 1.41. The molecule has 2 atom stereocenters. The third-order valence-electron chi connectivity index (χ3n) is 2.40. The zero-order valence-electron chi connectivity index (χ0n) is 7.97. The van der Waals surface area contributed by atoms with Crippen molar-refractivity contribution < 1.29 is 24.9 Å². The van der Waals surface area contributed by atoms with E-state index in [-0.39, 0.29) is 22.6 Å². The molecule has 5 nitrogen and oxygen atoms in total. The minimum Gasteiger partial charge on any atom is -0.508 e. The van der Waals surface area contributed by atoms with Gasteiger partial charge >= 0.3 is 5.97 Å². The van der Waals surface area contributed by atoms with Crippen LogP contribution >= 0.6 is 0 Å². The van der Waals surface area contributed by atoms with Gasteiger partial charge in [-0.2, -0.15) is 0 Å². The van der Waals surface area contributed by atoms with Crippen molar-refractivity contribution in [3.05, 3.63) is 23.3 Å². The first kappa shape index (κ1) is 9.79. The van der Waals surface area contributed by atoms with E-state index in [9.17, 15) is 20.1 Å². The summed E-state index contributed by atoms with van der Waals surface area (Å²) in [6.45, 7) is 1.53. The van der Waals surface area contributed by atoms with Gasteiger partial charge in [-0.3, -0.25) is 0 Å². The van der Waals surface area contributed by atoms with Crippen molar-refractivity contribution in [2.24, 2.45) is 0 Å². The number of aliphatic hydroxyl groups is 1. The number of fused-ring (bicyclic) bond motifs is 1. The molecule has 0 saturated carbocycles. The molecule has 15 heavy (non-hydrogen) atoms. The average molecular weight is 210 g/mol. The van der Waals surface area contributed by atoms with Gasteiger partial charge in [0.25, 0.3) is 0 Å². The van der Waals surface area contributed by atoms with E-state index in [1.54, 1.807) is 0 Å². The van der Waals surface area contributed by atoms with Crippen LogP contribution in [0.3, 0.4) is 0 Å². The molecular weight excluding hydrogens is 200 g/mol. The summed E-state index contributed by atoms with van der Waals surface area (Å²) in [7, 11) is 0. The van der Waals surface area contributed by atoms with Crippen molar-refractivity contribution >= 4 is 5.97 Å². The average Bonchev–Trinajstić information content (AvgIpc) is 2.13. The molecule has 0 radical (unpaired) electrons. The first-order chi connectivity index (χ1) is 7.00. The molecule has 0 saturated heterocycles. The Morgan fingerprint density at radius 2 is 2.00 bits per heavy atom. The number of carbonyl (C=O) groups excluding carboxylic acids is 1. The highest BCUT2D eigenvalue weighted by Gasteiger charge is 2.34. The predicted molar refractivity (Wildman–Crippen MR) is 49.6 cm³/mol. The molecule has 5 heteroatoms. The van der Waals surface area contributed by atoms with Crippen LogP contribution in [0.4, 0.5) is 0 Å². The van der Waals surface area contributed by atoms with E-state index in [2.05, 4.69) is 0 Å².